The Morgan fingerprint density at radius 3 is 1.30 bits per heavy atom. The first-order chi connectivity index (χ1) is 14.2. The lowest BCUT2D eigenvalue weighted by molar-refractivity contribution is 0.331. The molecule has 2 aromatic carbocycles. The van der Waals surface area contributed by atoms with Gasteiger partial charge in [0.15, 0.2) is 0 Å². The number of nitrogens with zero attached hydrogens (tertiary/aromatic N) is 2. The number of oxime groups is 2. The topological polar surface area (TPSA) is 111 Å². The van der Waals surface area contributed by atoms with E-state index in [9.17, 15) is 25.6 Å². The van der Waals surface area contributed by atoms with Crippen molar-refractivity contribution < 1.29 is 34.2 Å². The van der Waals surface area contributed by atoms with Gasteiger partial charge < -0.3 is 0 Å². The fraction of sp³-hybridized carbons (Fsp3) is 0.222. The lowest BCUT2D eigenvalue weighted by Gasteiger charge is -2.14. The van der Waals surface area contributed by atoms with Gasteiger partial charge in [-0.15, -0.1) is 0 Å². The van der Waals surface area contributed by atoms with Gasteiger partial charge in [0.2, 0.25) is 0 Å². The summed E-state index contributed by atoms with van der Waals surface area (Å²) in [5.74, 6) is -1.22. The van der Waals surface area contributed by atoms with Crippen molar-refractivity contribution in [2.24, 2.45) is 10.3 Å². The highest BCUT2D eigenvalue weighted by Gasteiger charge is 2.22. The average molecular weight is 458 g/mol. The van der Waals surface area contributed by atoms with E-state index in [2.05, 4.69) is 18.9 Å². The number of halogens is 2. The van der Waals surface area contributed by atoms with E-state index >= 15 is 0 Å². The van der Waals surface area contributed by atoms with Crippen LogP contribution in [0.25, 0.3) is 0 Å². The van der Waals surface area contributed by atoms with Gasteiger partial charge in [-0.2, -0.15) is 16.8 Å². The first-order valence-corrected chi connectivity index (χ1v) is 11.5. The summed E-state index contributed by atoms with van der Waals surface area (Å²) in [6.07, 6.45) is 1.89. The molecule has 0 heterocycles. The molecule has 0 saturated heterocycles. The van der Waals surface area contributed by atoms with E-state index < -0.39 is 31.9 Å². The van der Waals surface area contributed by atoms with Crippen LogP contribution in [0.15, 0.2) is 68.6 Å². The molecule has 12 heteroatoms. The molecular weight excluding hydrogens is 442 g/mol. The number of hydrogen-bond acceptors (Lipinski definition) is 8. The van der Waals surface area contributed by atoms with Gasteiger partial charge in [0.1, 0.15) is 32.8 Å². The molecule has 30 heavy (non-hydrogen) atoms. The highest BCUT2D eigenvalue weighted by Crippen LogP contribution is 2.19. The Morgan fingerprint density at radius 2 is 0.967 bits per heavy atom. The van der Waals surface area contributed by atoms with Gasteiger partial charge in [-0.05, 0) is 74.2 Å². The Morgan fingerprint density at radius 1 is 0.633 bits per heavy atom. The fourth-order valence-electron chi connectivity index (χ4n) is 2.55. The molecule has 1 aliphatic rings. The highest BCUT2D eigenvalue weighted by molar-refractivity contribution is 7.87. The number of rotatable bonds is 6. The zero-order valence-corrected chi connectivity index (χ0v) is 17.0. The Kier molecular flexibility index (Phi) is 6.46. The van der Waals surface area contributed by atoms with E-state index in [1.807, 2.05) is 0 Å². The van der Waals surface area contributed by atoms with Crippen molar-refractivity contribution >= 4 is 31.7 Å². The summed E-state index contributed by atoms with van der Waals surface area (Å²) >= 11 is 0. The van der Waals surface area contributed by atoms with Gasteiger partial charge >= 0.3 is 20.2 Å². The molecule has 1 aliphatic carbocycles. The van der Waals surface area contributed by atoms with E-state index in [0.717, 1.165) is 48.5 Å². The summed E-state index contributed by atoms with van der Waals surface area (Å²) in [5.41, 5.74) is 0.225. The van der Waals surface area contributed by atoms with E-state index in [1.54, 1.807) is 0 Å². The maximum atomic E-state index is 13.0. The Balaban J connectivity index is 1.78. The molecule has 0 unspecified atom stereocenters. The summed E-state index contributed by atoms with van der Waals surface area (Å²) in [6.45, 7) is 0. The van der Waals surface area contributed by atoms with Gasteiger partial charge in [0.05, 0.1) is 0 Å². The second-order valence-corrected chi connectivity index (χ2v) is 9.31. The molecule has 1 fully saturated rings. The normalized spacial score (nSPS) is 17.8. The summed E-state index contributed by atoms with van der Waals surface area (Å²) < 4.78 is 84.0. The highest BCUT2D eigenvalue weighted by atomic mass is 32.2. The largest absolute Gasteiger partial charge is 0.358 e. The van der Waals surface area contributed by atoms with Crippen LogP contribution in [-0.2, 0) is 28.8 Å². The minimum Gasteiger partial charge on any atom is -0.264 e. The van der Waals surface area contributed by atoms with E-state index in [4.69, 9.17) is 0 Å². The van der Waals surface area contributed by atoms with Crippen LogP contribution < -0.4 is 0 Å². The van der Waals surface area contributed by atoms with Crippen LogP contribution in [0, 0.1) is 11.6 Å². The summed E-state index contributed by atoms with van der Waals surface area (Å²) in [4.78, 5) is -0.588. The molecule has 8 nitrogen and oxygen atoms in total. The number of benzene rings is 2. The quantitative estimate of drug-likeness (QED) is 0.614. The standard InChI is InChI=1S/C18H16F2N2O6S2/c19-13-5-9-15(10-6-13)29(23,24)27-21-17-3-1-2-4-18(17)22-28-30(25,26)16-11-7-14(20)8-12-16/h5-12H,1-4H2. The van der Waals surface area contributed by atoms with Gasteiger partial charge in [-0.1, -0.05) is 10.3 Å². The lowest BCUT2D eigenvalue weighted by Crippen LogP contribution is -2.21. The molecule has 0 N–H and O–H groups in total. The molecule has 0 aliphatic heterocycles. The average Bonchev–Trinajstić information content (AvgIpc) is 2.72. The predicted octanol–water partition coefficient (Wildman–Crippen LogP) is 3.36. The predicted molar refractivity (Wildman–Crippen MR) is 103 cm³/mol. The molecule has 0 spiro atoms. The Labute approximate surface area is 172 Å². The summed E-state index contributed by atoms with van der Waals surface area (Å²) in [6, 6.07) is 7.96. The van der Waals surface area contributed by atoms with E-state index in [-0.39, 0.29) is 34.1 Å². The van der Waals surface area contributed by atoms with Crippen LogP contribution in [0.1, 0.15) is 25.7 Å². The molecule has 0 amide bonds. The van der Waals surface area contributed by atoms with Crippen LogP contribution in [0.5, 0.6) is 0 Å². The van der Waals surface area contributed by atoms with E-state index in [1.165, 1.54) is 0 Å². The SMILES string of the molecule is O=S(=O)(ON=C1CCCCC1=NOS(=O)(=O)c1ccc(F)cc1)c1ccc(F)cc1. The summed E-state index contributed by atoms with van der Waals surface area (Å²) in [7, 11) is -8.59. The third-order valence-electron chi connectivity index (χ3n) is 4.11. The minimum absolute atomic E-state index is 0.112. The van der Waals surface area contributed by atoms with E-state index in [0.29, 0.717) is 12.8 Å². The van der Waals surface area contributed by atoms with Crippen molar-refractivity contribution in [3.05, 3.63) is 60.2 Å². The smallest absolute Gasteiger partial charge is 0.264 e. The lowest BCUT2D eigenvalue weighted by atomic mass is 9.97. The van der Waals surface area contributed by atoms with Crippen LogP contribution >= 0.6 is 0 Å². The van der Waals surface area contributed by atoms with Crippen LogP contribution in [0.2, 0.25) is 0 Å². The van der Waals surface area contributed by atoms with Crippen LogP contribution in [0.4, 0.5) is 8.78 Å². The molecule has 0 aromatic heterocycles. The molecule has 1 saturated carbocycles. The monoisotopic (exact) mass is 458 g/mol. The van der Waals surface area contributed by atoms with Crippen molar-refractivity contribution in [2.75, 3.05) is 0 Å². The first-order valence-electron chi connectivity index (χ1n) is 8.70. The summed E-state index contributed by atoms with van der Waals surface area (Å²) in [5, 5.41) is 7.20. The van der Waals surface area contributed by atoms with Crippen molar-refractivity contribution in [1.29, 1.82) is 0 Å². The zero-order chi connectivity index (χ0) is 21.8. The second-order valence-electron chi connectivity index (χ2n) is 6.25. The Bertz CT molecular complexity index is 1080. The van der Waals surface area contributed by atoms with Crippen molar-refractivity contribution in [3.63, 3.8) is 0 Å². The van der Waals surface area contributed by atoms with Gasteiger partial charge in [-0.3, -0.25) is 8.57 Å². The fourth-order valence-corrected chi connectivity index (χ4v) is 4.03. The molecule has 0 atom stereocenters. The van der Waals surface area contributed by atoms with Crippen LogP contribution in [0.3, 0.4) is 0 Å². The van der Waals surface area contributed by atoms with Gasteiger partial charge in [0, 0.05) is 0 Å². The molecule has 0 bridgehead atoms. The molecule has 2 aromatic rings. The van der Waals surface area contributed by atoms with Gasteiger partial charge in [-0.25, -0.2) is 8.78 Å². The second kappa shape index (κ2) is 8.88. The Hall–Kier alpha value is -2.86. The van der Waals surface area contributed by atoms with Crippen molar-refractivity contribution in [3.8, 4) is 0 Å². The maximum absolute atomic E-state index is 13.0. The third kappa shape index (κ3) is 5.39. The van der Waals surface area contributed by atoms with Crippen LogP contribution in [-0.4, -0.2) is 28.3 Å². The minimum atomic E-state index is -4.29. The van der Waals surface area contributed by atoms with Crippen molar-refractivity contribution in [1.82, 2.24) is 0 Å². The maximum Gasteiger partial charge on any atom is 0.358 e. The van der Waals surface area contributed by atoms with Crippen molar-refractivity contribution in [2.45, 2.75) is 35.5 Å². The molecule has 3 rings (SSSR count). The molecular formula is C18H16F2N2O6S2. The molecule has 160 valence electrons. The number of hydrogen-bond donors (Lipinski definition) is 0. The first kappa shape index (κ1) is 21.8. The molecule has 0 radical (unpaired) electrons. The zero-order valence-electron chi connectivity index (χ0n) is 15.4. The third-order valence-corrected chi connectivity index (χ3v) is 6.35. The van der Waals surface area contributed by atoms with Gasteiger partial charge in [0.25, 0.3) is 0 Å².